The fourth-order valence-electron chi connectivity index (χ4n) is 2.64. The lowest BCUT2D eigenvalue weighted by atomic mass is 10.0. The van der Waals surface area contributed by atoms with Gasteiger partial charge in [0.25, 0.3) is 0 Å². The van der Waals surface area contributed by atoms with Crippen molar-refractivity contribution in [1.29, 1.82) is 0 Å². The molecule has 1 N–H and O–H groups in total. The van der Waals surface area contributed by atoms with E-state index in [1.165, 1.54) is 12.1 Å². The molecule has 0 aliphatic heterocycles. The number of nitrogens with one attached hydrogen (secondary N) is 1. The van der Waals surface area contributed by atoms with Crippen molar-refractivity contribution in [3.8, 4) is 17.2 Å². The van der Waals surface area contributed by atoms with Crippen molar-refractivity contribution >= 4 is 46.9 Å². The Kier molecular flexibility index (Phi) is 9.08. The Morgan fingerprint density at radius 2 is 1.53 bits per heavy atom. The first-order valence-electron chi connectivity index (χ1n) is 9.97. The fourth-order valence-corrected chi connectivity index (χ4v) is 3.25. The molecule has 0 aromatic heterocycles. The standard InChI is InChI=1S/C23H26Cl3NO5/c1-13(2)10-17(27-22(29)32-23(3,4)5)21(28)31-20-12-15(25)7-9-19(20)30-18-8-6-14(24)11-16(18)26/h6-9,11-13,17H,10H2,1-5H3,(H,27,29). The van der Waals surface area contributed by atoms with Crippen LogP contribution in [-0.2, 0) is 9.53 Å². The van der Waals surface area contributed by atoms with Crippen LogP contribution < -0.4 is 14.8 Å². The molecule has 0 aliphatic carbocycles. The molecule has 174 valence electrons. The summed E-state index contributed by atoms with van der Waals surface area (Å²) in [5, 5.41) is 3.65. The van der Waals surface area contributed by atoms with E-state index in [0.717, 1.165) is 0 Å². The van der Waals surface area contributed by atoms with Crippen molar-refractivity contribution < 1.29 is 23.8 Å². The Morgan fingerprint density at radius 3 is 2.09 bits per heavy atom. The maximum absolute atomic E-state index is 12.9. The lowest BCUT2D eigenvalue weighted by Crippen LogP contribution is -2.45. The van der Waals surface area contributed by atoms with Gasteiger partial charge in [-0.2, -0.15) is 0 Å². The van der Waals surface area contributed by atoms with Crippen LogP contribution in [0.25, 0.3) is 0 Å². The summed E-state index contributed by atoms with van der Waals surface area (Å²) in [6.07, 6.45) is -0.367. The van der Waals surface area contributed by atoms with Gasteiger partial charge < -0.3 is 19.5 Å². The summed E-state index contributed by atoms with van der Waals surface area (Å²) in [4.78, 5) is 25.2. The number of halogens is 3. The predicted molar refractivity (Wildman–Crippen MR) is 126 cm³/mol. The van der Waals surface area contributed by atoms with Gasteiger partial charge in [-0.05, 0) is 63.4 Å². The molecule has 9 heteroatoms. The van der Waals surface area contributed by atoms with Crippen molar-refractivity contribution in [2.45, 2.75) is 52.7 Å². The number of alkyl carbamates (subject to hydrolysis) is 1. The van der Waals surface area contributed by atoms with Gasteiger partial charge in [-0.1, -0.05) is 48.7 Å². The van der Waals surface area contributed by atoms with E-state index in [1.807, 2.05) is 13.8 Å². The van der Waals surface area contributed by atoms with E-state index >= 15 is 0 Å². The molecule has 2 rings (SSSR count). The quantitative estimate of drug-likeness (QED) is 0.318. The van der Waals surface area contributed by atoms with Crippen molar-refractivity contribution in [2.24, 2.45) is 5.92 Å². The molecule has 0 heterocycles. The summed E-state index contributed by atoms with van der Waals surface area (Å²) in [5.41, 5.74) is -0.706. The second-order valence-electron chi connectivity index (χ2n) is 8.52. The number of carbonyl (C=O) groups is 2. The zero-order valence-electron chi connectivity index (χ0n) is 18.5. The average molecular weight is 503 g/mol. The molecule has 1 amide bonds. The van der Waals surface area contributed by atoms with E-state index in [1.54, 1.807) is 45.0 Å². The summed E-state index contributed by atoms with van der Waals surface area (Å²) in [6, 6.07) is 8.39. The second kappa shape index (κ2) is 11.1. The molecule has 1 atom stereocenters. The normalized spacial score (nSPS) is 12.3. The van der Waals surface area contributed by atoms with E-state index in [-0.39, 0.29) is 22.4 Å². The highest BCUT2D eigenvalue weighted by Crippen LogP contribution is 2.37. The Hall–Kier alpha value is -2.15. The molecule has 32 heavy (non-hydrogen) atoms. The Labute approximate surface area is 203 Å². The highest BCUT2D eigenvalue weighted by atomic mass is 35.5. The third kappa shape index (κ3) is 8.41. The average Bonchev–Trinajstić information content (AvgIpc) is 2.63. The van der Waals surface area contributed by atoms with Crippen molar-refractivity contribution in [3.05, 3.63) is 51.5 Å². The van der Waals surface area contributed by atoms with Gasteiger partial charge in [0.05, 0.1) is 5.02 Å². The van der Waals surface area contributed by atoms with Gasteiger partial charge >= 0.3 is 12.1 Å². The summed E-state index contributed by atoms with van der Waals surface area (Å²) >= 11 is 18.2. The van der Waals surface area contributed by atoms with Gasteiger partial charge in [0.1, 0.15) is 17.4 Å². The molecule has 0 aliphatic rings. The lowest BCUT2D eigenvalue weighted by molar-refractivity contribution is -0.137. The van der Waals surface area contributed by atoms with Crippen LogP contribution in [0, 0.1) is 5.92 Å². The van der Waals surface area contributed by atoms with Crippen LogP contribution in [0.15, 0.2) is 36.4 Å². The van der Waals surface area contributed by atoms with Crippen LogP contribution in [-0.4, -0.2) is 23.7 Å². The lowest BCUT2D eigenvalue weighted by Gasteiger charge is -2.24. The molecular weight excluding hydrogens is 477 g/mol. The molecule has 2 aromatic rings. The highest BCUT2D eigenvalue weighted by molar-refractivity contribution is 6.35. The van der Waals surface area contributed by atoms with Crippen LogP contribution in [0.1, 0.15) is 41.0 Å². The molecule has 0 radical (unpaired) electrons. The maximum atomic E-state index is 12.9. The van der Waals surface area contributed by atoms with Gasteiger partial charge in [0, 0.05) is 16.1 Å². The maximum Gasteiger partial charge on any atom is 0.408 e. The molecule has 2 aromatic carbocycles. The van der Waals surface area contributed by atoms with Crippen LogP contribution in [0.5, 0.6) is 17.2 Å². The van der Waals surface area contributed by atoms with Gasteiger partial charge in [0.2, 0.25) is 0 Å². The van der Waals surface area contributed by atoms with E-state index in [0.29, 0.717) is 22.2 Å². The zero-order chi connectivity index (χ0) is 24.1. The number of benzene rings is 2. The smallest absolute Gasteiger partial charge is 0.408 e. The monoisotopic (exact) mass is 501 g/mol. The van der Waals surface area contributed by atoms with E-state index in [4.69, 9.17) is 49.0 Å². The second-order valence-corrected chi connectivity index (χ2v) is 9.80. The SMILES string of the molecule is CC(C)CC(NC(=O)OC(C)(C)C)C(=O)Oc1cc(Cl)ccc1Oc1ccc(Cl)cc1Cl. The van der Waals surface area contributed by atoms with Gasteiger partial charge in [-0.25, -0.2) is 9.59 Å². The Bertz CT molecular complexity index is 973. The number of hydrogen-bond donors (Lipinski definition) is 1. The minimum atomic E-state index is -0.934. The molecule has 1 unspecified atom stereocenters. The van der Waals surface area contributed by atoms with E-state index in [9.17, 15) is 9.59 Å². The van der Waals surface area contributed by atoms with Crippen LogP contribution in [0.3, 0.4) is 0 Å². The Morgan fingerprint density at radius 1 is 0.938 bits per heavy atom. The largest absolute Gasteiger partial charge is 0.452 e. The molecule has 0 saturated carbocycles. The Balaban J connectivity index is 2.24. The third-order valence-electron chi connectivity index (χ3n) is 3.91. The van der Waals surface area contributed by atoms with Crippen molar-refractivity contribution in [1.82, 2.24) is 5.32 Å². The number of carbonyl (C=O) groups excluding carboxylic acids is 2. The van der Waals surface area contributed by atoms with Gasteiger partial charge in [-0.15, -0.1) is 0 Å². The third-order valence-corrected chi connectivity index (χ3v) is 4.68. The summed E-state index contributed by atoms with van der Waals surface area (Å²) in [6.45, 7) is 9.06. The highest BCUT2D eigenvalue weighted by Gasteiger charge is 2.27. The number of ether oxygens (including phenoxy) is 3. The molecule has 0 saturated heterocycles. The first kappa shape index (κ1) is 26.1. The van der Waals surface area contributed by atoms with Gasteiger partial charge in [-0.3, -0.25) is 0 Å². The number of hydrogen-bond acceptors (Lipinski definition) is 5. The summed E-state index contributed by atoms with van der Waals surface area (Å²) in [7, 11) is 0. The first-order valence-corrected chi connectivity index (χ1v) is 11.1. The minimum Gasteiger partial charge on any atom is -0.452 e. The van der Waals surface area contributed by atoms with Crippen LogP contribution >= 0.6 is 34.8 Å². The topological polar surface area (TPSA) is 73.9 Å². The summed E-state index contributed by atoms with van der Waals surface area (Å²) in [5.74, 6) is 0.0337. The molecule has 0 spiro atoms. The molecular formula is C23H26Cl3NO5. The predicted octanol–water partition coefficient (Wildman–Crippen LogP) is 7.28. The van der Waals surface area contributed by atoms with Crippen molar-refractivity contribution in [2.75, 3.05) is 0 Å². The summed E-state index contributed by atoms with van der Waals surface area (Å²) < 4.78 is 16.7. The number of rotatable bonds is 7. The van der Waals surface area contributed by atoms with Crippen molar-refractivity contribution in [3.63, 3.8) is 0 Å². The first-order chi connectivity index (χ1) is 14.8. The molecule has 0 bridgehead atoms. The molecule has 0 fully saturated rings. The minimum absolute atomic E-state index is 0.0771. The number of amides is 1. The number of esters is 1. The fraction of sp³-hybridized carbons (Fsp3) is 0.391. The zero-order valence-corrected chi connectivity index (χ0v) is 20.8. The van der Waals surface area contributed by atoms with Gasteiger partial charge in [0.15, 0.2) is 11.5 Å². The molecule has 6 nitrogen and oxygen atoms in total. The van der Waals surface area contributed by atoms with Crippen LogP contribution in [0.2, 0.25) is 15.1 Å². The van der Waals surface area contributed by atoms with Crippen LogP contribution in [0.4, 0.5) is 4.79 Å². The van der Waals surface area contributed by atoms with E-state index < -0.39 is 23.7 Å². The van der Waals surface area contributed by atoms with E-state index in [2.05, 4.69) is 5.32 Å².